The molecule has 32 heavy (non-hydrogen) atoms. The quantitative estimate of drug-likeness (QED) is 0.278. The summed E-state index contributed by atoms with van der Waals surface area (Å²) in [4.78, 5) is 25.1. The molecule has 4 nitrogen and oxygen atoms in total. The van der Waals surface area contributed by atoms with Crippen LogP contribution in [0.1, 0.15) is 114 Å². The molecule has 1 aromatic carbocycles. The first-order chi connectivity index (χ1) is 15.6. The highest BCUT2D eigenvalue weighted by Crippen LogP contribution is 2.33. The molecule has 0 aromatic heterocycles. The number of rotatable bonds is 10. The minimum absolute atomic E-state index is 0.00460. The molecule has 0 unspecified atom stereocenters. The number of carbonyl (C=O) groups is 2. The van der Waals surface area contributed by atoms with E-state index in [1.807, 2.05) is 0 Å². The number of esters is 2. The molecular weight excluding hydrogens is 400 g/mol. The highest BCUT2D eigenvalue weighted by Gasteiger charge is 2.28. The van der Waals surface area contributed by atoms with Gasteiger partial charge in [-0.2, -0.15) is 0 Å². The Morgan fingerprint density at radius 2 is 1.31 bits per heavy atom. The second-order valence-corrected chi connectivity index (χ2v) is 10.00. The van der Waals surface area contributed by atoms with Crippen molar-refractivity contribution in [2.75, 3.05) is 0 Å². The van der Waals surface area contributed by atoms with Gasteiger partial charge < -0.3 is 9.47 Å². The van der Waals surface area contributed by atoms with Crippen LogP contribution in [0.5, 0.6) is 5.75 Å². The summed E-state index contributed by atoms with van der Waals surface area (Å²) in [7, 11) is 0. The molecule has 0 saturated heterocycles. The molecule has 0 heterocycles. The molecular formula is C28H42O4. The smallest absolute Gasteiger partial charge is 0.338 e. The molecule has 4 heteroatoms. The predicted octanol–water partition coefficient (Wildman–Crippen LogP) is 7.49. The molecule has 0 aliphatic heterocycles. The Morgan fingerprint density at radius 1 is 0.781 bits per heavy atom. The van der Waals surface area contributed by atoms with Crippen LogP contribution in [0.25, 0.3) is 0 Å². The van der Waals surface area contributed by atoms with Crippen LogP contribution in [0.3, 0.4) is 0 Å². The molecule has 0 spiro atoms. The van der Waals surface area contributed by atoms with Crippen LogP contribution in [0.15, 0.2) is 24.3 Å². The van der Waals surface area contributed by atoms with E-state index in [1.165, 1.54) is 38.5 Å². The SMILES string of the molecule is CCCCC1CCC(OC(=O)c2ccc(OC(=O)[C@H]3CC[C@H](CCCC)CC3)cc2)CC1. The number of ether oxygens (including phenoxy) is 2. The highest BCUT2D eigenvalue weighted by molar-refractivity contribution is 5.89. The van der Waals surface area contributed by atoms with Gasteiger partial charge in [-0.1, -0.05) is 52.4 Å². The van der Waals surface area contributed by atoms with E-state index < -0.39 is 0 Å². The second kappa shape index (κ2) is 13.0. The summed E-state index contributed by atoms with van der Waals surface area (Å²) >= 11 is 0. The fraction of sp³-hybridized carbons (Fsp3) is 0.714. The van der Waals surface area contributed by atoms with Gasteiger partial charge in [-0.25, -0.2) is 4.79 Å². The zero-order chi connectivity index (χ0) is 22.8. The topological polar surface area (TPSA) is 52.6 Å². The molecule has 2 aliphatic carbocycles. The van der Waals surface area contributed by atoms with Crippen molar-refractivity contribution < 1.29 is 19.1 Å². The Morgan fingerprint density at radius 3 is 1.84 bits per heavy atom. The lowest BCUT2D eigenvalue weighted by Crippen LogP contribution is -2.26. The van der Waals surface area contributed by atoms with E-state index in [0.29, 0.717) is 11.3 Å². The first-order valence-electron chi connectivity index (χ1n) is 13.1. The van der Waals surface area contributed by atoms with E-state index in [0.717, 1.165) is 63.2 Å². The third-order valence-electron chi connectivity index (χ3n) is 7.49. The lowest BCUT2D eigenvalue weighted by Gasteiger charge is -2.28. The van der Waals surface area contributed by atoms with E-state index >= 15 is 0 Å². The summed E-state index contributed by atoms with van der Waals surface area (Å²) in [5.74, 6) is 1.68. The molecule has 2 aliphatic rings. The van der Waals surface area contributed by atoms with E-state index in [2.05, 4.69) is 13.8 Å². The Bertz CT molecular complexity index is 695. The van der Waals surface area contributed by atoms with Crippen molar-refractivity contribution in [3.05, 3.63) is 29.8 Å². The molecule has 2 fully saturated rings. The van der Waals surface area contributed by atoms with Gasteiger partial charge in [-0.3, -0.25) is 4.79 Å². The van der Waals surface area contributed by atoms with Crippen molar-refractivity contribution in [2.45, 2.75) is 110 Å². The summed E-state index contributed by atoms with van der Waals surface area (Å²) in [5, 5.41) is 0. The number of hydrogen-bond donors (Lipinski definition) is 0. The van der Waals surface area contributed by atoms with Gasteiger partial charge in [0.05, 0.1) is 11.5 Å². The molecule has 2 saturated carbocycles. The molecule has 3 rings (SSSR count). The van der Waals surface area contributed by atoms with Crippen LogP contribution in [0.4, 0.5) is 0 Å². The van der Waals surface area contributed by atoms with Crippen LogP contribution in [-0.2, 0) is 9.53 Å². The van der Waals surface area contributed by atoms with Gasteiger partial charge in [0.25, 0.3) is 0 Å². The van der Waals surface area contributed by atoms with Crippen LogP contribution >= 0.6 is 0 Å². The Labute approximate surface area is 194 Å². The minimum atomic E-state index is -0.273. The number of carbonyl (C=O) groups excluding carboxylic acids is 2. The van der Waals surface area contributed by atoms with Crippen molar-refractivity contribution in [3.8, 4) is 5.75 Å². The number of unbranched alkanes of at least 4 members (excludes halogenated alkanes) is 2. The number of hydrogen-bond acceptors (Lipinski definition) is 4. The van der Waals surface area contributed by atoms with Crippen LogP contribution < -0.4 is 4.74 Å². The standard InChI is InChI=1S/C28H42O4/c1-3-5-7-21-9-13-23(14-10-21)27(29)32-26-19-15-24(16-20-26)28(30)31-25-17-11-22(12-18-25)8-6-4-2/h15-16,19-23,25H,3-14,17-18H2,1-2H3/t21-,22?,23-,25?. The summed E-state index contributed by atoms with van der Waals surface area (Å²) in [6.45, 7) is 4.46. The van der Waals surface area contributed by atoms with Gasteiger partial charge in [-0.05, 0) is 87.5 Å². The van der Waals surface area contributed by atoms with Gasteiger partial charge in [0, 0.05) is 0 Å². The molecule has 0 bridgehead atoms. The summed E-state index contributed by atoms with van der Waals surface area (Å²) in [6, 6.07) is 6.84. The maximum Gasteiger partial charge on any atom is 0.338 e. The van der Waals surface area contributed by atoms with Crippen LogP contribution in [0, 0.1) is 17.8 Å². The predicted molar refractivity (Wildman–Crippen MR) is 128 cm³/mol. The monoisotopic (exact) mass is 442 g/mol. The summed E-state index contributed by atoms with van der Waals surface area (Å²) in [6.07, 6.45) is 16.1. The maximum atomic E-state index is 12.5. The van der Waals surface area contributed by atoms with Gasteiger partial charge in [0.15, 0.2) is 0 Å². The Kier molecular flexibility index (Phi) is 10.1. The minimum Gasteiger partial charge on any atom is -0.459 e. The molecule has 178 valence electrons. The van der Waals surface area contributed by atoms with E-state index in [4.69, 9.17) is 9.47 Å². The van der Waals surface area contributed by atoms with E-state index in [9.17, 15) is 9.59 Å². The Hall–Kier alpha value is -1.84. The molecule has 0 radical (unpaired) electrons. The molecule has 0 N–H and O–H groups in total. The third-order valence-corrected chi connectivity index (χ3v) is 7.49. The summed E-state index contributed by atoms with van der Waals surface area (Å²) < 4.78 is 11.3. The zero-order valence-corrected chi connectivity index (χ0v) is 20.2. The van der Waals surface area contributed by atoms with Gasteiger partial charge in [-0.15, -0.1) is 0 Å². The fourth-order valence-corrected chi connectivity index (χ4v) is 5.29. The first kappa shape index (κ1) is 24.8. The lowest BCUT2D eigenvalue weighted by atomic mass is 9.80. The van der Waals surface area contributed by atoms with Gasteiger partial charge in [0.1, 0.15) is 11.9 Å². The van der Waals surface area contributed by atoms with Crippen LogP contribution in [0.2, 0.25) is 0 Å². The average molecular weight is 443 g/mol. The van der Waals surface area contributed by atoms with Gasteiger partial charge in [0.2, 0.25) is 0 Å². The average Bonchev–Trinajstić information content (AvgIpc) is 2.83. The van der Waals surface area contributed by atoms with Crippen LogP contribution in [-0.4, -0.2) is 18.0 Å². The first-order valence-corrected chi connectivity index (χ1v) is 13.1. The normalized spacial score (nSPS) is 25.8. The molecule has 1 aromatic rings. The van der Waals surface area contributed by atoms with Crippen molar-refractivity contribution in [1.82, 2.24) is 0 Å². The maximum absolute atomic E-state index is 12.5. The van der Waals surface area contributed by atoms with E-state index in [1.54, 1.807) is 24.3 Å². The van der Waals surface area contributed by atoms with Crippen molar-refractivity contribution in [3.63, 3.8) is 0 Å². The molecule has 0 amide bonds. The fourth-order valence-electron chi connectivity index (χ4n) is 5.29. The van der Waals surface area contributed by atoms with Crippen molar-refractivity contribution in [2.24, 2.45) is 17.8 Å². The number of benzene rings is 1. The largest absolute Gasteiger partial charge is 0.459 e. The van der Waals surface area contributed by atoms with Gasteiger partial charge >= 0.3 is 11.9 Å². The lowest BCUT2D eigenvalue weighted by molar-refractivity contribution is -0.140. The Balaban J connectivity index is 1.40. The molecule has 0 atom stereocenters. The zero-order valence-electron chi connectivity index (χ0n) is 20.2. The summed E-state index contributed by atoms with van der Waals surface area (Å²) in [5.41, 5.74) is 0.523. The van der Waals surface area contributed by atoms with Crippen molar-refractivity contribution >= 4 is 11.9 Å². The van der Waals surface area contributed by atoms with Crippen molar-refractivity contribution in [1.29, 1.82) is 0 Å². The highest BCUT2D eigenvalue weighted by atomic mass is 16.5. The van der Waals surface area contributed by atoms with E-state index in [-0.39, 0.29) is 24.0 Å². The third kappa shape index (κ3) is 7.64. The second-order valence-electron chi connectivity index (χ2n) is 10.00.